The lowest BCUT2D eigenvalue weighted by Crippen LogP contribution is -2.36. The number of hydrogen-bond donors (Lipinski definition) is 2. The predicted octanol–water partition coefficient (Wildman–Crippen LogP) is 1.70. The first-order valence-corrected chi connectivity index (χ1v) is 8.11. The average molecular weight is 329 g/mol. The number of aromatic nitrogens is 2. The van der Waals surface area contributed by atoms with Crippen molar-refractivity contribution >= 4 is 23.1 Å². The summed E-state index contributed by atoms with van der Waals surface area (Å²) in [6, 6.07) is 9.36. The zero-order chi connectivity index (χ0) is 16.9. The van der Waals surface area contributed by atoms with Crippen LogP contribution < -0.4 is 15.5 Å². The second-order valence-corrected chi connectivity index (χ2v) is 5.88. The van der Waals surface area contributed by atoms with Gasteiger partial charge in [-0.3, -0.25) is 9.48 Å². The molecule has 0 saturated carbocycles. The van der Waals surface area contributed by atoms with Gasteiger partial charge in [-0.1, -0.05) is 0 Å². The minimum absolute atomic E-state index is 0.0974. The maximum Gasteiger partial charge on any atom is 0.246 e. The molecule has 2 heterocycles. The van der Waals surface area contributed by atoms with Crippen molar-refractivity contribution < 1.29 is 9.53 Å². The Balaban J connectivity index is 1.55. The Labute approximate surface area is 141 Å². The predicted molar refractivity (Wildman–Crippen MR) is 94.4 cm³/mol. The second-order valence-electron chi connectivity index (χ2n) is 5.88. The molecule has 2 N–H and O–H groups in total. The van der Waals surface area contributed by atoms with Gasteiger partial charge in [0.05, 0.1) is 13.2 Å². The van der Waals surface area contributed by atoms with Crippen LogP contribution >= 0.6 is 0 Å². The molecule has 0 bridgehead atoms. The Morgan fingerprint density at radius 3 is 2.54 bits per heavy atom. The minimum atomic E-state index is -0.376. The first-order valence-electron chi connectivity index (χ1n) is 8.11. The van der Waals surface area contributed by atoms with E-state index in [1.807, 2.05) is 50.5 Å². The van der Waals surface area contributed by atoms with Crippen LogP contribution in [0.3, 0.4) is 0 Å². The number of amides is 1. The van der Waals surface area contributed by atoms with E-state index in [-0.39, 0.29) is 11.9 Å². The van der Waals surface area contributed by atoms with E-state index in [1.54, 1.807) is 4.68 Å². The van der Waals surface area contributed by atoms with Crippen molar-refractivity contribution in [3.8, 4) is 0 Å². The Hall–Kier alpha value is -2.54. The molecule has 1 aliphatic rings. The molecule has 3 rings (SSSR count). The van der Waals surface area contributed by atoms with Gasteiger partial charge in [-0.25, -0.2) is 0 Å². The van der Waals surface area contributed by atoms with E-state index < -0.39 is 0 Å². The molecule has 1 fully saturated rings. The maximum absolute atomic E-state index is 12.3. The van der Waals surface area contributed by atoms with Crippen molar-refractivity contribution in [3.05, 3.63) is 36.5 Å². The molecule has 7 nitrogen and oxygen atoms in total. The molecule has 1 amide bonds. The molecule has 1 atom stereocenters. The monoisotopic (exact) mass is 329 g/mol. The minimum Gasteiger partial charge on any atom is -0.378 e. The zero-order valence-corrected chi connectivity index (χ0v) is 14.0. The van der Waals surface area contributed by atoms with Crippen LogP contribution in [0, 0.1) is 0 Å². The number of rotatable bonds is 5. The van der Waals surface area contributed by atoms with Crippen LogP contribution in [0.4, 0.5) is 17.2 Å². The van der Waals surface area contributed by atoms with Crippen molar-refractivity contribution in [2.45, 2.75) is 13.0 Å². The number of nitrogens with zero attached hydrogens (tertiary/aromatic N) is 3. The summed E-state index contributed by atoms with van der Waals surface area (Å²) in [4.78, 5) is 14.6. The van der Waals surface area contributed by atoms with Crippen molar-refractivity contribution in [1.82, 2.24) is 9.78 Å². The molecule has 1 aliphatic heterocycles. The summed E-state index contributed by atoms with van der Waals surface area (Å²) in [5.74, 6) is 0.586. The second kappa shape index (κ2) is 7.35. The normalized spacial score (nSPS) is 15.8. The topological polar surface area (TPSA) is 71.4 Å². The van der Waals surface area contributed by atoms with Gasteiger partial charge in [-0.2, -0.15) is 5.10 Å². The standard InChI is InChI=1S/C17H23N5O2/c1-13(18-16-7-8-21(2)20-16)17(23)19-14-3-5-15(6-4-14)22-9-11-24-12-10-22/h3-8,13H,9-12H2,1-2H3,(H,18,20)(H,19,23). The molecule has 128 valence electrons. The third-order valence-corrected chi connectivity index (χ3v) is 3.98. The third kappa shape index (κ3) is 4.05. The first-order chi connectivity index (χ1) is 11.6. The number of benzene rings is 1. The summed E-state index contributed by atoms with van der Waals surface area (Å²) in [5, 5.41) is 10.2. The largest absolute Gasteiger partial charge is 0.378 e. The van der Waals surface area contributed by atoms with E-state index in [4.69, 9.17) is 4.74 Å². The molecule has 1 aromatic carbocycles. The van der Waals surface area contributed by atoms with E-state index in [0.29, 0.717) is 5.82 Å². The van der Waals surface area contributed by atoms with E-state index in [2.05, 4.69) is 20.6 Å². The highest BCUT2D eigenvalue weighted by Gasteiger charge is 2.15. The number of anilines is 3. The fraction of sp³-hybridized carbons (Fsp3) is 0.412. The molecular formula is C17H23N5O2. The van der Waals surface area contributed by atoms with Gasteiger partial charge in [0.15, 0.2) is 0 Å². The molecule has 2 aromatic rings. The lowest BCUT2D eigenvalue weighted by molar-refractivity contribution is -0.116. The van der Waals surface area contributed by atoms with Crippen LogP contribution in [-0.4, -0.2) is 48.0 Å². The summed E-state index contributed by atoms with van der Waals surface area (Å²) >= 11 is 0. The molecule has 1 aromatic heterocycles. The van der Waals surface area contributed by atoms with E-state index in [9.17, 15) is 4.79 Å². The molecule has 0 aliphatic carbocycles. The van der Waals surface area contributed by atoms with Gasteiger partial charge in [0.2, 0.25) is 5.91 Å². The van der Waals surface area contributed by atoms with E-state index >= 15 is 0 Å². The number of hydrogen-bond acceptors (Lipinski definition) is 5. The fourth-order valence-corrected chi connectivity index (χ4v) is 2.61. The molecule has 0 spiro atoms. The van der Waals surface area contributed by atoms with Crippen LogP contribution in [0.1, 0.15) is 6.92 Å². The quantitative estimate of drug-likeness (QED) is 0.873. The Kier molecular flexibility index (Phi) is 5.00. The Morgan fingerprint density at radius 1 is 1.21 bits per heavy atom. The first kappa shape index (κ1) is 16.3. The average Bonchev–Trinajstić information content (AvgIpc) is 3.01. The molecule has 24 heavy (non-hydrogen) atoms. The van der Waals surface area contributed by atoms with Gasteiger partial charge in [0.1, 0.15) is 11.9 Å². The van der Waals surface area contributed by atoms with Crippen LogP contribution in [0.25, 0.3) is 0 Å². The molecule has 1 unspecified atom stereocenters. The number of ether oxygens (including phenoxy) is 1. The van der Waals surface area contributed by atoms with Crippen molar-refractivity contribution in [2.24, 2.45) is 7.05 Å². The lowest BCUT2D eigenvalue weighted by Gasteiger charge is -2.29. The Morgan fingerprint density at radius 2 is 1.92 bits per heavy atom. The van der Waals surface area contributed by atoms with Gasteiger partial charge in [0, 0.05) is 43.8 Å². The van der Waals surface area contributed by atoms with E-state index in [0.717, 1.165) is 37.7 Å². The van der Waals surface area contributed by atoms with Gasteiger partial charge >= 0.3 is 0 Å². The van der Waals surface area contributed by atoms with Crippen molar-refractivity contribution in [1.29, 1.82) is 0 Å². The highest BCUT2D eigenvalue weighted by Crippen LogP contribution is 2.19. The maximum atomic E-state index is 12.3. The molecule has 0 radical (unpaired) electrons. The van der Waals surface area contributed by atoms with Crippen molar-refractivity contribution in [2.75, 3.05) is 41.8 Å². The third-order valence-electron chi connectivity index (χ3n) is 3.98. The fourth-order valence-electron chi connectivity index (χ4n) is 2.61. The molecule has 7 heteroatoms. The number of morpholine rings is 1. The summed E-state index contributed by atoms with van der Waals surface area (Å²) in [5.41, 5.74) is 1.93. The molecular weight excluding hydrogens is 306 g/mol. The van der Waals surface area contributed by atoms with Crippen LogP contribution in [0.15, 0.2) is 36.5 Å². The number of nitrogens with one attached hydrogen (secondary N) is 2. The SMILES string of the molecule is CC(Nc1ccn(C)n1)C(=O)Nc1ccc(N2CCOCC2)cc1. The summed E-state index contributed by atoms with van der Waals surface area (Å²) in [6.07, 6.45) is 1.83. The van der Waals surface area contributed by atoms with Gasteiger partial charge in [0.25, 0.3) is 0 Å². The van der Waals surface area contributed by atoms with Crippen LogP contribution in [0.2, 0.25) is 0 Å². The highest BCUT2D eigenvalue weighted by atomic mass is 16.5. The number of carbonyl (C=O) groups is 1. The van der Waals surface area contributed by atoms with Gasteiger partial charge in [-0.05, 0) is 31.2 Å². The van der Waals surface area contributed by atoms with Gasteiger partial charge < -0.3 is 20.3 Å². The zero-order valence-electron chi connectivity index (χ0n) is 14.0. The van der Waals surface area contributed by atoms with Crippen LogP contribution in [-0.2, 0) is 16.6 Å². The highest BCUT2D eigenvalue weighted by molar-refractivity contribution is 5.96. The smallest absolute Gasteiger partial charge is 0.246 e. The van der Waals surface area contributed by atoms with Crippen LogP contribution in [0.5, 0.6) is 0 Å². The summed E-state index contributed by atoms with van der Waals surface area (Å²) in [7, 11) is 1.84. The Bertz CT molecular complexity index is 677. The van der Waals surface area contributed by atoms with Crippen molar-refractivity contribution in [3.63, 3.8) is 0 Å². The summed E-state index contributed by atoms with van der Waals surface area (Å²) in [6.45, 7) is 5.13. The number of aryl methyl sites for hydroxylation is 1. The summed E-state index contributed by atoms with van der Waals surface area (Å²) < 4.78 is 7.05. The lowest BCUT2D eigenvalue weighted by atomic mass is 10.2. The number of carbonyl (C=O) groups excluding carboxylic acids is 1. The van der Waals surface area contributed by atoms with E-state index in [1.165, 1.54) is 0 Å². The van der Waals surface area contributed by atoms with Gasteiger partial charge in [-0.15, -0.1) is 0 Å². The molecule has 1 saturated heterocycles.